The van der Waals surface area contributed by atoms with Crippen LogP contribution in [0.3, 0.4) is 0 Å². The topological polar surface area (TPSA) is 12.9 Å². The van der Waals surface area contributed by atoms with E-state index in [-0.39, 0.29) is 5.69 Å². The van der Waals surface area contributed by atoms with Crippen molar-refractivity contribution in [3.8, 4) is 0 Å². The molecule has 2 rings (SSSR count). The van der Waals surface area contributed by atoms with Gasteiger partial charge in [-0.15, -0.1) is 0 Å². The Morgan fingerprint density at radius 1 is 1.31 bits per heavy atom. The van der Waals surface area contributed by atoms with Crippen LogP contribution >= 0.6 is 15.9 Å². The molecule has 1 aromatic carbocycles. The van der Waals surface area contributed by atoms with Crippen molar-refractivity contribution >= 4 is 26.8 Å². The molecule has 1 heterocycles. The minimum atomic E-state index is -2.52. The van der Waals surface area contributed by atoms with E-state index in [1.165, 1.54) is 6.07 Å². The lowest BCUT2D eigenvalue weighted by Gasteiger charge is -2.07. The van der Waals surface area contributed by atoms with Gasteiger partial charge < -0.3 is 0 Å². The van der Waals surface area contributed by atoms with Crippen molar-refractivity contribution in [3.05, 3.63) is 40.0 Å². The smallest absolute Gasteiger partial charge is 0.247 e. The quantitative estimate of drug-likeness (QED) is 0.792. The Labute approximate surface area is 101 Å². The molecule has 0 atom stereocenters. The van der Waals surface area contributed by atoms with Crippen LogP contribution in [0.5, 0.6) is 0 Å². The molecule has 0 spiro atoms. The van der Waals surface area contributed by atoms with Gasteiger partial charge in [-0.1, -0.05) is 22.9 Å². The van der Waals surface area contributed by atoms with Gasteiger partial charge >= 0.3 is 0 Å². The number of alkyl halides is 2. The van der Waals surface area contributed by atoms with Crippen molar-refractivity contribution in [2.75, 3.05) is 0 Å². The fraction of sp³-hybridized carbons (Fsp3) is 0.250. The summed E-state index contributed by atoms with van der Waals surface area (Å²) in [6.45, 7) is 1.95. The molecule has 0 radical (unpaired) electrons. The molecule has 0 aliphatic heterocycles. The summed E-state index contributed by atoms with van der Waals surface area (Å²) in [5, 5.41) is 0.932. The monoisotopic (exact) mass is 285 g/mol. The second-order valence-electron chi connectivity index (χ2n) is 3.52. The van der Waals surface area contributed by atoms with E-state index in [1.807, 2.05) is 19.1 Å². The lowest BCUT2D eigenvalue weighted by atomic mass is 10.1. The van der Waals surface area contributed by atoms with Crippen LogP contribution in [0.4, 0.5) is 8.78 Å². The van der Waals surface area contributed by atoms with E-state index < -0.39 is 6.43 Å². The first-order chi connectivity index (χ1) is 7.61. The van der Waals surface area contributed by atoms with E-state index in [0.29, 0.717) is 5.52 Å². The number of fused-ring (bicyclic) bond motifs is 1. The van der Waals surface area contributed by atoms with Gasteiger partial charge in [0.1, 0.15) is 5.69 Å². The molecule has 0 amide bonds. The predicted octanol–water partition coefficient (Wildman–Crippen LogP) is 4.50. The number of hydrogen-bond acceptors (Lipinski definition) is 1. The van der Waals surface area contributed by atoms with Crippen LogP contribution in [0.2, 0.25) is 0 Å². The van der Waals surface area contributed by atoms with Crippen LogP contribution in [0.1, 0.15) is 24.6 Å². The number of aromatic nitrogens is 1. The number of rotatable bonds is 2. The average Bonchev–Trinajstić information content (AvgIpc) is 2.27. The first-order valence-electron chi connectivity index (χ1n) is 4.99. The Balaban J connectivity index is 2.73. The maximum Gasteiger partial charge on any atom is 0.280 e. The van der Waals surface area contributed by atoms with E-state index in [4.69, 9.17) is 0 Å². The van der Waals surface area contributed by atoms with Crippen molar-refractivity contribution in [3.63, 3.8) is 0 Å². The molecule has 0 N–H and O–H groups in total. The van der Waals surface area contributed by atoms with Crippen LogP contribution in [0.25, 0.3) is 10.9 Å². The molecule has 1 aromatic heterocycles. The third-order valence-electron chi connectivity index (χ3n) is 2.48. The van der Waals surface area contributed by atoms with Gasteiger partial charge in [-0.25, -0.2) is 13.8 Å². The van der Waals surface area contributed by atoms with Gasteiger partial charge in [0.2, 0.25) is 0 Å². The molecule has 84 valence electrons. The molecule has 2 aromatic rings. The maximum atomic E-state index is 12.6. The predicted molar refractivity (Wildman–Crippen MR) is 63.8 cm³/mol. The zero-order valence-corrected chi connectivity index (χ0v) is 10.3. The highest BCUT2D eigenvalue weighted by Crippen LogP contribution is 2.26. The van der Waals surface area contributed by atoms with Crippen LogP contribution in [0.15, 0.2) is 28.7 Å². The summed E-state index contributed by atoms with van der Waals surface area (Å²) >= 11 is 3.37. The summed E-state index contributed by atoms with van der Waals surface area (Å²) in [5.74, 6) is 0. The number of halogens is 3. The first kappa shape index (κ1) is 11.5. The molecule has 0 aliphatic rings. The van der Waals surface area contributed by atoms with Crippen molar-refractivity contribution in [1.29, 1.82) is 0 Å². The Hall–Kier alpha value is -1.03. The molecule has 0 saturated carbocycles. The van der Waals surface area contributed by atoms with Gasteiger partial charge in [0.25, 0.3) is 6.43 Å². The van der Waals surface area contributed by atoms with E-state index in [2.05, 4.69) is 20.9 Å². The van der Waals surface area contributed by atoms with Crippen LogP contribution in [0, 0.1) is 0 Å². The van der Waals surface area contributed by atoms with Gasteiger partial charge in [0, 0.05) is 9.86 Å². The molecule has 4 heteroatoms. The first-order valence-corrected chi connectivity index (χ1v) is 5.78. The second kappa shape index (κ2) is 4.45. The van der Waals surface area contributed by atoms with Crippen LogP contribution in [-0.2, 0) is 6.42 Å². The Bertz CT molecular complexity index is 526. The summed E-state index contributed by atoms with van der Waals surface area (Å²) in [7, 11) is 0. The van der Waals surface area contributed by atoms with E-state index >= 15 is 0 Å². The van der Waals surface area contributed by atoms with Gasteiger partial charge in [-0.3, -0.25) is 0 Å². The normalized spacial score (nSPS) is 11.3. The molecule has 0 unspecified atom stereocenters. The van der Waals surface area contributed by atoms with Gasteiger partial charge in [-0.2, -0.15) is 0 Å². The van der Waals surface area contributed by atoms with Crippen LogP contribution in [-0.4, -0.2) is 4.98 Å². The summed E-state index contributed by atoms with van der Waals surface area (Å²) in [6.07, 6.45) is -1.80. The highest BCUT2D eigenvalue weighted by molar-refractivity contribution is 9.10. The fourth-order valence-electron chi connectivity index (χ4n) is 1.69. The lowest BCUT2D eigenvalue weighted by Crippen LogP contribution is -1.95. The third-order valence-corrected chi connectivity index (χ3v) is 2.97. The standard InChI is InChI=1S/C12H10BrF2N/c1-2-7-5-11(12(14)15)16-10-4-3-8(13)6-9(7)10/h3-6,12H,2H2,1H3. The maximum absolute atomic E-state index is 12.6. The molecule has 1 nitrogen and oxygen atoms in total. The van der Waals surface area contributed by atoms with E-state index in [9.17, 15) is 8.78 Å². The second-order valence-corrected chi connectivity index (χ2v) is 4.44. The van der Waals surface area contributed by atoms with Crippen molar-refractivity contribution < 1.29 is 8.78 Å². The number of nitrogens with zero attached hydrogens (tertiary/aromatic N) is 1. The Morgan fingerprint density at radius 3 is 2.69 bits per heavy atom. The largest absolute Gasteiger partial charge is 0.280 e. The number of aryl methyl sites for hydroxylation is 1. The summed E-state index contributed by atoms with van der Waals surface area (Å²) < 4.78 is 26.2. The highest BCUT2D eigenvalue weighted by atomic mass is 79.9. The SMILES string of the molecule is CCc1cc(C(F)F)nc2ccc(Br)cc12. The van der Waals surface area contributed by atoms with Crippen molar-refractivity contribution in [1.82, 2.24) is 4.98 Å². The number of benzene rings is 1. The van der Waals surface area contributed by atoms with E-state index in [0.717, 1.165) is 21.8 Å². The zero-order chi connectivity index (χ0) is 11.7. The summed E-state index contributed by atoms with van der Waals surface area (Å²) in [6, 6.07) is 6.96. The van der Waals surface area contributed by atoms with Gasteiger partial charge in [-0.05, 0) is 36.2 Å². The number of hydrogen-bond donors (Lipinski definition) is 0. The van der Waals surface area contributed by atoms with E-state index in [1.54, 1.807) is 6.07 Å². The minimum absolute atomic E-state index is 0.147. The van der Waals surface area contributed by atoms with Crippen LogP contribution < -0.4 is 0 Å². The fourth-order valence-corrected chi connectivity index (χ4v) is 2.06. The zero-order valence-electron chi connectivity index (χ0n) is 8.67. The molecule has 0 saturated heterocycles. The minimum Gasteiger partial charge on any atom is -0.247 e. The molecule has 0 fully saturated rings. The van der Waals surface area contributed by atoms with Crippen molar-refractivity contribution in [2.45, 2.75) is 19.8 Å². The highest BCUT2D eigenvalue weighted by Gasteiger charge is 2.12. The molecule has 16 heavy (non-hydrogen) atoms. The van der Waals surface area contributed by atoms with Gasteiger partial charge in [0.15, 0.2) is 0 Å². The molecular weight excluding hydrogens is 276 g/mol. The average molecular weight is 286 g/mol. The third kappa shape index (κ3) is 2.07. The Kier molecular flexibility index (Phi) is 3.19. The lowest BCUT2D eigenvalue weighted by molar-refractivity contribution is 0.146. The molecule has 0 aliphatic carbocycles. The van der Waals surface area contributed by atoms with Crippen molar-refractivity contribution in [2.24, 2.45) is 0 Å². The summed E-state index contributed by atoms with van der Waals surface area (Å²) in [4.78, 5) is 3.95. The molecular formula is C12H10BrF2N. The van der Waals surface area contributed by atoms with Gasteiger partial charge in [0.05, 0.1) is 5.52 Å². The Morgan fingerprint density at radius 2 is 2.06 bits per heavy atom. The molecule has 0 bridgehead atoms. The number of pyridine rings is 1. The summed E-state index contributed by atoms with van der Waals surface area (Å²) in [5.41, 5.74) is 1.38.